The third kappa shape index (κ3) is 2.63. The molecule has 1 saturated heterocycles. The number of hydrogen-bond acceptors (Lipinski definition) is 4. The number of carbonyl (C=O) groups is 1. The third-order valence-electron chi connectivity index (χ3n) is 3.99. The van der Waals surface area contributed by atoms with Crippen LogP contribution < -0.4 is 0 Å². The summed E-state index contributed by atoms with van der Waals surface area (Å²) < 4.78 is 0.911. The van der Waals surface area contributed by atoms with Gasteiger partial charge in [-0.1, -0.05) is 0 Å². The summed E-state index contributed by atoms with van der Waals surface area (Å²) in [5, 5.41) is 11.6. The molecule has 1 fully saturated rings. The van der Waals surface area contributed by atoms with Crippen LogP contribution in [0, 0.1) is 10.1 Å². The zero-order valence-corrected chi connectivity index (χ0v) is 12.6. The second-order valence-electron chi connectivity index (χ2n) is 5.43. The highest BCUT2D eigenvalue weighted by Crippen LogP contribution is 2.31. The van der Waals surface area contributed by atoms with Crippen LogP contribution in [0.4, 0.5) is 5.69 Å². The van der Waals surface area contributed by atoms with E-state index in [0.29, 0.717) is 4.88 Å². The monoisotopic (exact) mass is 304 g/mol. The van der Waals surface area contributed by atoms with Gasteiger partial charge in [0, 0.05) is 34.8 Å². The molecule has 0 saturated carbocycles. The number of likely N-dealkylation sites (tertiary alicyclic amines) is 1. The SMILES string of the molecule is CC1CCCCN1C(=O)c1cc2cc([N+](=O)[O-])ccc2s1. The maximum Gasteiger partial charge on any atom is 0.270 e. The Labute approximate surface area is 126 Å². The number of nitrogens with zero attached hydrogens (tertiary/aromatic N) is 2. The molecule has 0 bridgehead atoms. The van der Waals surface area contributed by atoms with Crippen LogP contribution in [0.15, 0.2) is 24.3 Å². The van der Waals surface area contributed by atoms with Crippen molar-refractivity contribution in [1.29, 1.82) is 0 Å². The van der Waals surface area contributed by atoms with Gasteiger partial charge >= 0.3 is 0 Å². The van der Waals surface area contributed by atoms with E-state index in [2.05, 4.69) is 6.92 Å². The van der Waals surface area contributed by atoms with Crippen LogP contribution in [0.2, 0.25) is 0 Å². The fourth-order valence-corrected chi connectivity index (χ4v) is 3.79. The lowest BCUT2D eigenvalue weighted by Gasteiger charge is -2.33. The van der Waals surface area contributed by atoms with Crippen LogP contribution in [0.5, 0.6) is 0 Å². The number of nitro groups is 1. The van der Waals surface area contributed by atoms with Crippen LogP contribution in [0.1, 0.15) is 35.9 Å². The maximum absolute atomic E-state index is 12.6. The summed E-state index contributed by atoms with van der Waals surface area (Å²) in [6.45, 7) is 2.88. The molecule has 1 amide bonds. The number of carbonyl (C=O) groups excluding carboxylic acids is 1. The number of benzene rings is 1. The van der Waals surface area contributed by atoms with Gasteiger partial charge in [0.05, 0.1) is 9.80 Å². The summed E-state index contributed by atoms with van der Waals surface area (Å²) in [6, 6.07) is 6.77. The van der Waals surface area contributed by atoms with Gasteiger partial charge in [0.2, 0.25) is 0 Å². The molecule has 6 heteroatoms. The molecule has 1 unspecified atom stereocenters. The lowest BCUT2D eigenvalue weighted by molar-refractivity contribution is -0.384. The molecule has 1 aliphatic rings. The molecule has 21 heavy (non-hydrogen) atoms. The number of nitro benzene ring substituents is 1. The van der Waals surface area contributed by atoms with Gasteiger partial charge in [-0.3, -0.25) is 14.9 Å². The zero-order valence-electron chi connectivity index (χ0n) is 11.7. The molecule has 5 nitrogen and oxygen atoms in total. The molecule has 1 aliphatic heterocycles. The number of fused-ring (bicyclic) bond motifs is 1. The van der Waals surface area contributed by atoms with Gasteiger partial charge in [-0.15, -0.1) is 11.3 Å². The Hall–Kier alpha value is -1.95. The van der Waals surface area contributed by atoms with Crippen molar-refractivity contribution >= 4 is 33.0 Å². The van der Waals surface area contributed by atoms with Gasteiger partial charge in [-0.25, -0.2) is 0 Å². The average molecular weight is 304 g/mol. The Bertz CT molecular complexity index is 710. The number of non-ortho nitro benzene ring substituents is 1. The van der Waals surface area contributed by atoms with Gasteiger partial charge in [0.15, 0.2) is 0 Å². The number of rotatable bonds is 2. The second kappa shape index (κ2) is 5.44. The van der Waals surface area contributed by atoms with E-state index in [0.717, 1.165) is 29.5 Å². The van der Waals surface area contributed by atoms with Gasteiger partial charge in [0.25, 0.3) is 11.6 Å². The van der Waals surface area contributed by atoms with Crippen molar-refractivity contribution in [2.75, 3.05) is 6.54 Å². The van der Waals surface area contributed by atoms with E-state index in [9.17, 15) is 14.9 Å². The predicted molar refractivity (Wildman–Crippen MR) is 82.8 cm³/mol. The van der Waals surface area contributed by atoms with Crippen molar-refractivity contribution in [3.63, 3.8) is 0 Å². The molecular weight excluding hydrogens is 288 g/mol. The molecule has 0 spiro atoms. The van der Waals surface area contributed by atoms with Gasteiger partial charge in [0.1, 0.15) is 0 Å². The van der Waals surface area contributed by atoms with Crippen LogP contribution in [-0.2, 0) is 0 Å². The van der Waals surface area contributed by atoms with Crippen molar-refractivity contribution in [2.45, 2.75) is 32.2 Å². The van der Waals surface area contributed by atoms with Crippen LogP contribution in [-0.4, -0.2) is 28.3 Å². The largest absolute Gasteiger partial charge is 0.335 e. The Kier molecular flexibility index (Phi) is 3.63. The fraction of sp³-hybridized carbons (Fsp3) is 0.400. The van der Waals surface area contributed by atoms with Crippen LogP contribution in [0.25, 0.3) is 10.1 Å². The van der Waals surface area contributed by atoms with E-state index in [1.165, 1.54) is 29.9 Å². The minimum absolute atomic E-state index is 0.0473. The molecule has 2 aromatic rings. The summed E-state index contributed by atoms with van der Waals surface area (Å²) in [7, 11) is 0. The molecule has 0 aliphatic carbocycles. The molecule has 110 valence electrons. The average Bonchev–Trinajstić information content (AvgIpc) is 2.89. The van der Waals surface area contributed by atoms with E-state index < -0.39 is 4.92 Å². The predicted octanol–water partition coefficient (Wildman–Crippen LogP) is 3.82. The highest BCUT2D eigenvalue weighted by atomic mass is 32.1. The molecule has 0 N–H and O–H groups in total. The standard InChI is InChI=1S/C15H16N2O3S/c1-10-4-2-3-7-16(10)15(18)14-9-11-8-12(17(19)20)5-6-13(11)21-14/h5-6,8-10H,2-4,7H2,1H3. The number of piperidine rings is 1. The van der Waals surface area contributed by atoms with Crippen molar-refractivity contribution in [3.05, 3.63) is 39.3 Å². The van der Waals surface area contributed by atoms with E-state index in [4.69, 9.17) is 0 Å². The molecule has 1 atom stereocenters. The summed E-state index contributed by atoms with van der Waals surface area (Å²) in [6.07, 6.45) is 3.26. The number of thiophene rings is 1. The lowest BCUT2D eigenvalue weighted by atomic mass is 10.0. The van der Waals surface area contributed by atoms with Crippen molar-refractivity contribution in [2.24, 2.45) is 0 Å². The first kappa shape index (κ1) is 14.0. The van der Waals surface area contributed by atoms with Crippen LogP contribution in [0.3, 0.4) is 0 Å². The molecule has 2 heterocycles. The maximum atomic E-state index is 12.6. The van der Waals surface area contributed by atoms with Crippen molar-refractivity contribution in [3.8, 4) is 0 Å². The van der Waals surface area contributed by atoms with E-state index in [1.54, 1.807) is 12.1 Å². The molecule has 0 radical (unpaired) electrons. The summed E-state index contributed by atoms with van der Waals surface area (Å²) >= 11 is 1.41. The Morgan fingerprint density at radius 2 is 2.19 bits per heavy atom. The highest BCUT2D eigenvalue weighted by molar-refractivity contribution is 7.20. The normalized spacial score (nSPS) is 18.9. The van der Waals surface area contributed by atoms with Crippen molar-refractivity contribution < 1.29 is 9.72 Å². The Morgan fingerprint density at radius 3 is 2.90 bits per heavy atom. The van der Waals surface area contributed by atoms with Gasteiger partial charge in [-0.2, -0.15) is 0 Å². The first-order chi connectivity index (χ1) is 10.1. The Morgan fingerprint density at radius 1 is 1.38 bits per heavy atom. The quantitative estimate of drug-likeness (QED) is 0.626. The molecule has 1 aromatic carbocycles. The van der Waals surface area contributed by atoms with Crippen molar-refractivity contribution in [1.82, 2.24) is 4.90 Å². The molecule has 3 rings (SSSR count). The number of hydrogen-bond donors (Lipinski definition) is 0. The summed E-state index contributed by atoms with van der Waals surface area (Å²) in [5.74, 6) is 0.0473. The lowest BCUT2D eigenvalue weighted by Crippen LogP contribution is -2.41. The summed E-state index contributed by atoms with van der Waals surface area (Å²) in [5.41, 5.74) is 0.0608. The minimum atomic E-state index is -0.411. The number of amides is 1. The second-order valence-corrected chi connectivity index (χ2v) is 6.52. The zero-order chi connectivity index (χ0) is 15.0. The summed E-state index contributed by atoms with van der Waals surface area (Å²) in [4.78, 5) is 25.6. The minimum Gasteiger partial charge on any atom is -0.335 e. The molecule has 1 aromatic heterocycles. The van der Waals surface area contributed by atoms with Gasteiger partial charge in [-0.05, 0) is 38.3 Å². The third-order valence-corrected chi connectivity index (χ3v) is 5.09. The fourth-order valence-electron chi connectivity index (χ4n) is 2.79. The smallest absolute Gasteiger partial charge is 0.270 e. The van der Waals surface area contributed by atoms with E-state index in [-0.39, 0.29) is 17.6 Å². The van der Waals surface area contributed by atoms with Gasteiger partial charge < -0.3 is 4.90 Å². The first-order valence-corrected chi connectivity index (χ1v) is 7.87. The first-order valence-electron chi connectivity index (χ1n) is 7.05. The van der Waals surface area contributed by atoms with Crippen LogP contribution >= 0.6 is 11.3 Å². The van der Waals surface area contributed by atoms with E-state index in [1.807, 2.05) is 4.90 Å². The Balaban J connectivity index is 1.93. The van der Waals surface area contributed by atoms with E-state index >= 15 is 0 Å². The highest BCUT2D eigenvalue weighted by Gasteiger charge is 2.25. The molecular formula is C15H16N2O3S. The topological polar surface area (TPSA) is 63.5 Å².